The number of nitrogens with zero attached hydrogens (tertiary/aromatic N) is 4. The maximum atomic E-state index is 10.8. The van der Waals surface area contributed by atoms with Gasteiger partial charge >= 0.3 is 0 Å². The fourth-order valence-corrected chi connectivity index (χ4v) is 4.15. The first-order valence-electron chi connectivity index (χ1n) is 9.64. The van der Waals surface area contributed by atoms with Crippen LogP contribution in [0.3, 0.4) is 0 Å². The summed E-state index contributed by atoms with van der Waals surface area (Å²) in [6, 6.07) is 8.22. The number of benzene rings is 1. The lowest BCUT2D eigenvalue weighted by Gasteiger charge is -2.43. The second-order valence-corrected chi connectivity index (χ2v) is 7.25. The van der Waals surface area contributed by atoms with Gasteiger partial charge in [0.2, 0.25) is 0 Å². The first kappa shape index (κ1) is 18.4. The Hall–Kier alpha value is -1.93. The Morgan fingerprint density at radius 3 is 2.81 bits per heavy atom. The van der Waals surface area contributed by atoms with E-state index in [9.17, 15) is 5.11 Å². The monoisotopic (exact) mass is 372 g/mol. The largest absolute Gasteiger partial charge is 0.497 e. The molecule has 0 amide bonds. The molecule has 7 heteroatoms. The molecule has 7 nitrogen and oxygen atoms in total. The molecule has 146 valence electrons. The van der Waals surface area contributed by atoms with Gasteiger partial charge in [-0.25, -0.2) is 4.68 Å². The number of likely N-dealkylation sites (tertiary alicyclic amines) is 1. The zero-order valence-corrected chi connectivity index (χ0v) is 15.8. The molecule has 0 bridgehead atoms. The van der Waals surface area contributed by atoms with Crippen LogP contribution in [0.5, 0.6) is 5.75 Å². The van der Waals surface area contributed by atoms with Crippen LogP contribution in [-0.2, 0) is 11.3 Å². The first-order chi connectivity index (χ1) is 13.2. The van der Waals surface area contributed by atoms with Crippen LogP contribution < -0.4 is 4.74 Å². The van der Waals surface area contributed by atoms with Gasteiger partial charge in [-0.3, -0.25) is 9.80 Å². The van der Waals surface area contributed by atoms with Gasteiger partial charge in [0.1, 0.15) is 5.75 Å². The molecule has 0 radical (unpaired) electrons. The highest BCUT2D eigenvalue weighted by Gasteiger charge is 2.33. The zero-order chi connectivity index (χ0) is 18.6. The number of ether oxygens (including phenoxy) is 2. The summed E-state index contributed by atoms with van der Waals surface area (Å²) in [6.07, 6.45) is 4.37. The Balaban J connectivity index is 1.46. The van der Waals surface area contributed by atoms with E-state index in [1.54, 1.807) is 13.3 Å². The number of aliphatic hydroxyl groups excluding tert-OH is 1. The van der Waals surface area contributed by atoms with Gasteiger partial charge < -0.3 is 14.6 Å². The third-order valence-corrected chi connectivity index (χ3v) is 5.58. The Morgan fingerprint density at radius 2 is 2.11 bits per heavy atom. The summed E-state index contributed by atoms with van der Waals surface area (Å²) in [5, 5.41) is 15.1. The Labute approximate surface area is 160 Å². The van der Waals surface area contributed by atoms with Crippen LogP contribution >= 0.6 is 0 Å². The average Bonchev–Trinajstić information content (AvgIpc) is 3.23. The number of hydrogen-bond acceptors (Lipinski definition) is 6. The maximum absolute atomic E-state index is 10.8. The molecule has 2 aromatic rings. The highest BCUT2D eigenvalue weighted by molar-refractivity contribution is 5.45. The maximum Gasteiger partial charge on any atom is 0.119 e. The van der Waals surface area contributed by atoms with Crippen molar-refractivity contribution in [1.82, 2.24) is 19.6 Å². The molecule has 0 saturated carbocycles. The van der Waals surface area contributed by atoms with Crippen molar-refractivity contribution in [3.63, 3.8) is 0 Å². The molecular formula is C20H28N4O3. The predicted octanol–water partition coefficient (Wildman–Crippen LogP) is 1.15. The summed E-state index contributed by atoms with van der Waals surface area (Å²) >= 11 is 0. The van der Waals surface area contributed by atoms with E-state index >= 15 is 0 Å². The lowest BCUT2D eigenvalue weighted by Crippen LogP contribution is -2.56. The van der Waals surface area contributed by atoms with Gasteiger partial charge in [0, 0.05) is 51.2 Å². The molecule has 1 aromatic heterocycles. The Morgan fingerprint density at radius 1 is 1.26 bits per heavy atom. The smallest absolute Gasteiger partial charge is 0.119 e. The van der Waals surface area contributed by atoms with Gasteiger partial charge in [0.25, 0.3) is 0 Å². The second-order valence-electron chi connectivity index (χ2n) is 7.25. The number of methoxy groups -OCH3 is 1. The minimum Gasteiger partial charge on any atom is -0.497 e. The number of aliphatic hydroxyl groups is 1. The van der Waals surface area contributed by atoms with Gasteiger partial charge in [-0.05, 0) is 36.2 Å². The fraction of sp³-hybridized carbons (Fsp3) is 0.550. The molecule has 2 aliphatic rings. The Kier molecular flexibility index (Phi) is 5.73. The molecule has 2 saturated heterocycles. The molecule has 0 spiro atoms. The van der Waals surface area contributed by atoms with E-state index in [1.165, 1.54) is 0 Å². The van der Waals surface area contributed by atoms with E-state index < -0.39 is 0 Å². The van der Waals surface area contributed by atoms with Crippen LogP contribution in [0.2, 0.25) is 0 Å². The van der Waals surface area contributed by atoms with Crippen molar-refractivity contribution in [3.05, 3.63) is 42.2 Å². The third kappa shape index (κ3) is 4.16. The van der Waals surface area contributed by atoms with Crippen LogP contribution in [0.15, 0.2) is 36.7 Å². The minimum atomic E-state index is -0.337. The van der Waals surface area contributed by atoms with E-state index in [1.807, 2.05) is 29.1 Å². The number of morpholine rings is 1. The van der Waals surface area contributed by atoms with Crippen LogP contribution in [0.4, 0.5) is 0 Å². The summed E-state index contributed by atoms with van der Waals surface area (Å²) in [6.45, 7) is 5.78. The van der Waals surface area contributed by atoms with Crippen LogP contribution in [0.1, 0.15) is 12.0 Å². The van der Waals surface area contributed by atoms with Crippen molar-refractivity contribution < 1.29 is 14.6 Å². The van der Waals surface area contributed by atoms with Crippen molar-refractivity contribution in [3.8, 4) is 11.4 Å². The van der Waals surface area contributed by atoms with Crippen LogP contribution in [0, 0.1) is 0 Å². The van der Waals surface area contributed by atoms with Crippen molar-refractivity contribution in [1.29, 1.82) is 0 Å². The van der Waals surface area contributed by atoms with Crippen molar-refractivity contribution in [2.45, 2.75) is 25.1 Å². The van der Waals surface area contributed by atoms with Gasteiger partial charge in [0.05, 0.1) is 32.1 Å². The van der Waals surface area contributed by atoms with E-state index in [2.05, 4.69) is 21.0 Å². The summed E-state index contributed by atoms with van der Waals surface area (Å²) in [5.41, 5.74) is 2.20. The molecule has 2 atom stereocenters. The fourth-order valence-electron chi connectivity index (χ4n) is 4.15. The number of hydrogen-bond donors (Lipinski definition) is 1. The highest BCUT2D eigenvalue weighted by atomic mass is 16.5. The lowest BCUT2D eigenvalue weighted by atomic mass is 9.99. The number of piperidine rings is 1. The van der Waals surface area contributed by atoms with Crippen LogP contribution in [0.25, 0.3) is 5.69 Å². The molecule has 3 heterocycles. The topological polar surface area (TPSA) is 63.0 Å². The van der Waals surface area contributed by atoms with Gasteiger partial charge in [0.15, 0.2) is 0 Å². The average molecular weight is 372 g/mol. The molecule has 0 aliphatic carbocycles. The quantitative estimate of drug-likeness (QED) is 0.850. The summed E-state index contributed by atoms with van der Waals surface area (Å²) in [5.74, 6) is 0.838. The summed E-state index contributed by atoms with van der Waals surface area (Å²) in [4.78, 5) is 4.70. The summed E-state index contributed by atoms with van der Waals surface area (Å²) < 4.78 is 12.7. The lowest BCUT2D eigenvalue weighted by molar-refractivity contribution is -0.0534. The standard InChI is InChI=1S/C20H28N4O3/c1-26-17-3-4-18(24-7-2-6-21-24)16(13-17)14-22-8-5-19(20(25)15-22)23-9-11-27-12-10-23/h2-4,6-7,13,19-20,25H,5,8-12,14-15H2,1H3/t19-,20-/m1/s1. The normalized spacial score (nSPS) is 24.8. The molecule has 2 aliphatic heterocycles. The number of β-amino-alcohol motifs (C(OH)–C–C–N with tert-alkyl or cyclic N) is 1. The number of aromatic nitrogens is 2. The van der Waals surface area contributed by atoms with E-state index in [4.69, 9.17) is 9.47 Å². The predicted molar refractivity (Wildman–Crippen MR) is 102 cm³/mol. The third-order valence-electron chi connectivity index (χ3n) is 5.58. The summed E-state index contributed by atoms with van der Waals surface area (Å²) in [7, 11) is 1.68. The zero-order valence-electron chi connectivity index (χ0n) is 15.8. The molecule has 2 fully saturated rings. The van der Waals surface area contributed by atoms with E-state index in [0.29, 0.717) is 6.54 Å². The molecule has 1 N–H and O–H groups in total. The molecule has 0 unspecified atom stereocenters. The van der Waals surface area contributed by atoms with Gasteiger partial charge in [-0.1, -0.05) is 0 Å². The second kappa shape index (κ2) is 8.39. The molecular weight excluding hydrogens is 344 g/mol. The molecule has 1 aromatic carbocycles. The van der Waals surface area contributed by atoms with Crippen LogP contribution in [-0.4, -0.2) is 83.3 Å². The molecule has 4 rings (SSSR count). The Bertz CT molecular complexity index is 731. The van der Waals surface area contributed by atoms with Gasteiger partial charge in [-0.2, -0.15) is 5.10 Å². The van der Waals surface area contributed by atoms with Crippen molar-refractivity contribution in [2.24, 2.45) is 0 Å². The highest BCUT2D eigenvalue weighted by Crippen LogP contribution is 2.25. The van der Waals surface area contributed by atoms with Crippen molar-refractivity contribution >= 4 is 0 Å². The first-order valence-corrected chi connectivity index (χ1v) is 9.64. The molecule has 27 heavy (non-hydrogen) atoms. The van der Waals surface area contributed by atoms with Crippen molar-refractivity contribution in [2.75, 3.05) is 46.5 Å². The van der Waals surface area contributed by atoms with E-state index in [0.717, 1.165) is 62.8 Å². The van der Waals surface area contributed by atoms with E-state index in [-0.39, 0.29) is 12.1 Å². The van der Waals surface area contributed by atoms with Gasteiger partial charge in [-0.15, -0.1) is 0 Å². The number of rotatable bonds is 5. The SMILES string of the molecule is COc1ccc(-n2cccn2)c(CN2CC[C@@H](N3CCOCC3)[C@H](O)C2)c1. The minimum absolute atomic E-state index is 0.237.